The van der Waals surface area contributed by atoms with Gasteiger partial charge in [-0.1, -0.05) is 0 Å². The van der Waals surface area contributed by atoms with E-state index in [0.717, 1.165) is 5.75 Å². The molecule has 94 valence electrons. The fourth-order valence-electron chi connectivity index (χ4n) is 1.29. The van der Waals surface area contributed by atoms with E-state index in [1.807, 2.05) is 19.1 Å². The molecule has 0 aliphatic carbocycles. The summed E-state index contributed by atoms with van der Waals surface area (Å²) >= 11 is 0. The molecule has 1 aromatic carbocycles. The Morgan fingerprint density at radius 1 is 1.29 bits per heavy atom. The van der Waals surface area contributed by atoms with Gasteiger partial charge in [0.15, 0.2) is 0 Å². The van der Waals surface area contributed by atoms with Crippen molar-refractivity contribution >= 4 is 5.91 Å². The summed E-state index contributed by atoms with van der Waals surface area (Å²) in [6.07, 6.45) is 0. The van der Waals surface area contributed by atoms with Crippen LogP contribution in [0.4, 0.5) is 0 Å². The topological polar surface area (TPSA) is 73.6 Å². The van der Waals surface area contributed by atoms with Gasteiger partial charge in [0.1, 0.15) is 24.1 Å². The molecule has 3 N–H and O–H groups in total. The molecule has 1 aromatic rings. The molecule has 1 atom stereocenters. The van der Waals surface area contributed by atoms with Crippen LogP contribution in [-0.4, -0.2) is 32.2 Å². The van der Waals surface area contributed by atoms with Gasteiger partial charge >= 0.3 is 0 Å². The monoisotopic (exact) mass is 238 g/mol. The Morgan fingerprint density at radius 2 is 1.82 bits per heavy atom. The first-order valence-corrected chi connectivity index (χ1v) is 5.49. The number of amides is 1. The van der Waals surface area contributed by atoms with Crippen molar-refractivity contribution in [1.82, 2.24) is 5.32 Å². The molecular weight excluding hydrogens is 220 g/mol. The van der Waals surface area contributed by atoms with Crippen molar-refractivity contribution in [1.29, 1.82) is 0 Å². The van der Waals surface area contributed by atoms with E-state index in [0.29, 0.717) is 12.4 Å². The van der Waals surface area contributed by atoms with Crippen molar-refractivity contribution in [3.05, 3.63) is 24.3 Å². The van der Waals surface area contributed by atoms with E-state index in [2.05, 4.69) is 5.32 Å². The summed E-state index contributed by atoms with van der Waals surface area (Å²) in [7, 11) is 1.66. The Morgan fingerprint density at radius 3 is 2.24 bits per heavy atom. The van der Waals surface area contributed by atoms with Gasteiger partial charge in [-0.2, -0.15) is 0 Å². The van der Waals surface area contributed by atoms with Crippen LogP contribution in [0.3, 0.4) is 0 Å². The molecule has 5 nitrogen and oxygen atoms in total. The van der Waals surface area contributed by atoms with Crippen LogP contribution in [0.2, 0.25) is 0 Å². The number of ether oxygens (including phenoxy) is 2. The van der Waals surface area contributed by atoms with Crippen molar-refractivity contribution in [3.8, 4) is 11.5 Å². The second-order valence-electron chi connectivity index (χ2n) is 3.46. The van der Waals surface area contributed by atoms with Crippen molar-refractivity contribution in [3.63, 3.8) is 0 Å². The Hall–Kier alpha value is -1.75. The molecule has 1 amide bonds. The van der Waals surface area contributed by atoms with Crippen molar-refractivity contribution in [2.75, 3.05) is 20.3 Å². The fraction of sp³-hybridized carbons (Fsp3) is 0.417. The molecule has 17 heavy (non-hydrogen) atoms. The Balaban J connectivity index is 2.49. The van der Waals surface area contributed by atoms with Crippen LogP contribution in [0, 0.1) is 0 Å². The number of carbonyl (C=O) groups is 1. The largest absolute Gasteiger partial charge is 0.494 e. The van der Waals surface area contributed by atoms with E-state index in [4.69, 9.17) is 15.2 Å². The first-order valence-electron chi connectivity index (χ1n) is 5.49. The van der Waals surface area contributed by atoms with Gasteiger partial charge in [-0.05, 0) is 38.2 Å². The van der Waals surface area contributed by atoms with Crippen LogP contribution >= 0.6 is 0 Å². The van der Waals surface area contributed by atoms with Crippen LogP contribution < -0.4 is 20.5 Å². The Bertz CT molecular complexity index is 351. The Labute approximate surface area is 101 Å². The van der Waals surface area contributed by atoms with E-state index in [1.165, 1.54) is 0 Å². The third-order valence-corrected chi connectivity index (χ3v) is 2.24. The summed E-state index contributed by atoms with van der Waals surface area (Å²) in [4.78, 5) is 11.0. The molecule has 0 spiro atoms. The summed E-state index contributed by atoms with van der Waals surface area (Å²) < 4.78 is 10.7. The van der Waals surface area contributed by atoms with Gasteiger partial charge in [0.05, 0.1) is 6.61 Å². The summed E-state index contributed by atoms with van der Waals surface area (Å²) in [6.45, 7) is 2.76. The second-order valence-corrected chi connectivity index (χ2v) is 3.46. The fourth-order valence-corrected chi connectivity index (χ4v) is 1.29. The van der Waals surface area contributed by atoms with Gasteiger partial charge in [0.25, 0.3) is 0 Å². The maximum Gasteiger partial charge on any atom is 0.238 e. The predicted octanol–water partition coefficient (Wildman–Crippen LogP) is 0.537. The Kier molecular flexibility index (Phi) is 5.29. The van der Waals surface area contributed by atoms with Crippen LogP contribution in [0.5, 0.6) is 11.5 Å². The molecular formula is C12H18N2O3. The number of nitrogens with one attached hydrogen (secondary N) is 1. The maximum absolute atomic E-state index is 11.0. The van der Waals surface area contributed by atoms with Crippen LogP contribution in [0.15, 0.2) is 24.3 Å². The first kappa shape index (κ1) is 13.3. The second kappa shape index (κ2) is 6.75. The van der Waals surface area contributed by atoms with Crippen LogP contribution in [0.25, 0.3) is 0 Å². The molecule has 0 heterocycles. The van der Waals surface area contributed by atoms with E-state index in [9.17, 15) is 4.79 Å². The average Bonchev–Trinajstić information content (AvgIpc) is 2.32. The van der Waals surface area contributed by atoms with Crippen LogP contribution in [-0.2, 0) is 4.79 Å². The van der Waals surface area contributed by atoms with Gasteiger partial charge in [-0.3, -0.25) is 4.79 Å². The molecule has 0 bridgehead atoms. The number of rotatable bonds is 7. The summed E-state index contributed by atoms with van der Waals surface area (Å²) in [5.74, 6) is 1.04. The average molecular weight is 238 g/mol. The highest BCUT2D eigenvalue weighted by molar-refractivity contribution is 5.79. The number of nitrogens with two attached hydrogens (primary N) is 1. The zero-order valence-corrected chi connectivity index (χ0v) is 10.1. The maximum atomic E-state index is 11.0. The number of likely N-dealkylation sites (N-methyl/N-ethyl adjacent to an activating group) is 1. The molecule has 0 aliphatic rings. The molecule has 0 aromatic heterocycles. The lowest BCUT2D eigenvalue weighted by Gasteiger charge is -2.13. The standard InChI is InChI=1S/C12H18N2O3/c1-3-16-9-4-6-10(7-5-9)17-8-11(14-2)12(13)15/h4-7,11,14H,3,8H2,1-2H3,(H2,13,15). The number of carbonyl (C=O) groups excluding carboxylic acids is 1. The molecule has 1 rings (SSSR count). The number of primary amides is 1. The van der Waals surface area contributed by atoms with Gasteiger partial charge in [0.2, 0.25) is 5.91 Å². The third-order valence-electron chi connectivity index (χ3n) is 2.24. The number of hydrogen-bond donors (Lipinski definition) is 2. The van der Waals surface area contributed by atoms with E-state index in [-0.39, 0.29) is 6.61 Å². The molecule has 0 fully saturated rings. The quantitative estimate of drug-likeness (QED) is 0.727. The highest BCUT2D eigenvalue weighted by atomic mass is 16.5. The molecule has 0 aliphatic heterocycles. The lowest BCUT2D eigenvalue weighted by Crippen LogP contribution is -2.43. The SMILES string of the molecule is CCOc1ccc(OCC(NC)C(N)=O)cc1. The predicted molar refractivity (Wildman–Crippen MR) is 65.1 cm³/mol. The smallest absolute Gasteiger partial charge is 0.238 e. The lowest BCUT2D eigenvalue weighted by molar-refractivity contribution is -0.120. The summed E-state index contributed by atoms with van der Waals surface area (Å²) in [5.41, 5.74) is 5.17. The van der Waals surface area contributed by atoms with E-state index >= 15 is 0 Å². The van der Waals surface area contributed by atoms with Gasteiger partial charge in [0, 0.05) is 0 Å². The normalized spacial score (nSPS) is 11.9. The molecule has 0 saturated carbocycles. The minimum absolute atomic E-state index is 0.208. The number of benzene rings is 1. The zero-order valence-electron chi connectivity index (χ0n) is 10.1. The molecule has 5 heteroatoms. The molecule has 1 unspecified atom stereocenters. The highest BCUT2D eigenvalue weighted by Gasteiger charge is 2.12. The minimum Gasteiger partial charge on any atom is -0.494 e. The summed E-state index contributed by atoms with van der Waals surface area (Å²) in [5, 5.41) is 2.78. The van der Waals surface area contributed by atoms with Gasteiger partial charge in [-0.15, -0.1) is 0 Å². The lowest BCUT2D eigenvalue weighted by atomic mass is 10.3. The first-order chi connectivity index (χ1) is 8.17. The molecule has 0 saturated heterocycles. The summed E-state index contributed by atoms with van der Waals surface area (Å²) in [6, 6.07) is 6.73. The zero-order chi connectivity index (χ0) is 12.7. The molecule has 0 radical (unpaired) electrons. The highest BCUT2D eigenvalue weighted by Crippen LogP contribution is 2.17. The van der Waals surface area contributed by atoms with Crippen molar-refractivity contribution < 1.29 is 14.3 Å². The van der Waals surface area contributed by atoms with Gasteiger partial charge in [-0.25, -0.2) is 0 Å². The van der Waals surface area contributed by atoms with E-state index in [1.54, 1.807) is 19.2 Å². The van der Waals surface area contributed by atoms with Crippen molar-refractivity contribution in [2.45, 2.75) is 13.0 Å². The minimum atomic E-state index is -0.485. The van der Waals surface area contributed by atoms with Crippen molar-refractivity contribution in [2.24, 2.45) is 5.73 Å². The number of hydrogen-bond acceptors (Lipinski definition) is 4. The van der Waals surface area contributed by atoms with E-state index < -0.39 is 11.9 Å². The van der Waals surface area contributed by atoms with Gasteiger partial charge < -0.3 is 20.5 Å². The third kappa shape index (κ3) is 4.32. The van der Waals surface area contributed by atoms with Crippen LogP contribution in [0.1, 0.15) is 6.92 Å².